The van der Waals surface area contributed by atoms with Gasteiger partial charge in [-0.25, -0.2) is 15.0 Å². The van der Waals surface area contributed by atoms with Gasteiger partial charge in [0.2, 0.25) is 0 Å². The Balaban J connectivity index is 1.32. The molecule has 2 aliphatic rings. The molecule has 9 aromatic rings. The molecule has 2 aromatic heterocycles. The highest BCUT2D eigenvalue weighted by molar-refractivity contribution is 7.99. The van der Waals surface area contributed by atoms with Crippen LogP contribution in [0.25, 0.3) is 67.2 Å². The van der Waals surface area contributed by atoms with Crippen LogP contribution in [-0.2, 0) is 5.41 Å². The zero-order chi connectivity index (χ0) is 33.5. The molecule has 7 aromatic carbocycles. The molecule has 11 rings (SSSR count). The maximum absolute atomic E-state index is 6.88. The Hall–Kier alpha value is -6.30. The van der Waals surface area contributed by atoms with E-state index < -0.39 is 5.41 Å². The van der Waals surface area contributed by atoms with Gasteiger partial charge in [-0.15, -0.1) is 0 Å². The Morgan fingerprint density at radius 3 is 1.65 bits per heavy atom. The first-order valence-corrected chi connectivity index (χ1v) is 17.9. The second kappa shape index (κ2) is 10.8. The van der Waals surface area contributed by atoms with Gasteiger partial charge in [0.15, 0.2) is 17.5 Å². The number of benzene rings is 7. The van der Waals surface area contributed by atoms with Crippen LogP contribution in [0.2, 0.25) is 0 Å². The van der Waals surface area contributed by atoms with Crippen LogP contribution < -0.4 is 0 Å². The van der Waals surface area contributed by atoms with Crippen molar-refractivity contribution in [3.63, 3.8) is 0 Å². The molecule has 1 spiro atoms. The average Bonchev–Trinajstić information content (AvgIpc) is 3.72. The van der Waals surface area contributed by atoms with Gasteiger partial charge in [0.25, 0.3) is 0 Å². The molecule has 0 saturated carbocycles. The summed E-state index contributed by atoms with van der Waals surface area (Å²) in [6, 6.07) is 57.7. The monoisotopic (exact) mass is 669 g/mol. The minimum Gasteiger partial charge on any atom is -0.455 e. The Morgan fingerprint density at radius 2 is 0.980 bits per heavy atom. The van der Waals surface area contributed by atoms with Gasteiger partial charge >= 0.3 is 0 Å². The number of rotatable bonds is 3. The predicted molar refractivity (Wildman–Crippen MR) is 205 cm³/mol. The van der Waals surface area contributed by atoms with Crippen LogP contribution in [0.1, 0.15) is 22.3 Å². The molecule has 0 saturated heterocycles. The fourth-order valence-corrected chi connectivity index (χ4v) is 9.51. The molecule has 1 aliphatic heterocycles. The zero-order valence-electron chi connectivity index (χ0n) is 27.2. The van der Waals surface area contributed by atoms with Crippen molar-refractivity contribution < 1.29 is 4.42 Å². The van der Waals surface area contributed by atoms with Crippen LogP contribution in [0.4, 0.5) is 0 Å². The first-order chi connectivity index (χ1) is 25.3. The van der Waals surface area contributed by atoms with Gasteiger partial charge in [-0.3, -0.25) is 0 Å². The van der Waals surface area contributed by atoms with Gasteiger partial charge < -0.3 is 4.42 Å². The largest absolute Gasteiger partial charge is 0.455 e. The molecular formula is C46H27N3OS. The predicted octanol–water partition coefficient (Wildman–Crippen LogP) is 11.6. The van der Waals surface area contributed by atoms with E-state index >= 15 is 0 Å². The van der Waals surface area contributed by atoms with E-state index in [1.165, 1.54) is 43.2 Å². The Labute approximate surface area is 298 Å². The van der Waals surface area contributed by atoms with Gasteiger partial charge in [-0.2, -0.15) is 0 Å². The maximum Gasteiger partial charge on any atom is 0.167 e. The summed E-state index contributed by atoms with van der Waals surface area (Å²) < 4.78 is 6.88. The summed E-state index contributed by atoms with van der Waals surface area (Å²) in [6.45, 7) is 0. The fourth-order valence-electron chi connectivity index (χ4n) is 8.32. The molecule has 0 N–H and O–H groups in total. The summed E-state index contributed by atoms with van der Waals surface area (Å²) in [6.07, 6.45) is 0. The van der Waals surface area contributed by atoms with Gasteiger partial charge in [0.05, 0.1) is 11.0 Å². The number of para-hydroxylation sites is 1. The summed E-state index contributed by atoms with van der Waals surface area (Å²) in [4.78, 5) is 18.0. The molecule has 0 fully saturated rings. The third kappa shape index (κ3) is 4.01. The Bertz CT molecular complexity index is 2740. The number of hydrogen-bond donors (Lipinski definition) is 0. The quantitative estimate of drug-likeness (QED) is 0.187. The number of hydrogen-bond acceptors (Lipinski definition) is 5. The smallest absolute Gasteiger partial charge is 0.167 e. The Kier molecular flexibility index (Phi) is 6.07. The molecule has 1 aliphatic carbocycles. The van der Waals surface area contributed by atoms with E-state index in [2.05, 4.69) is 97.1 Å². The first-order valence-electron chi connectivity index (χ1n) is 17.1. The molecule has 0 radical (unpaired) electrons. The highest BCUT2D eigenvalue weighted by Gasteiger charge is 2.51. The first kappa shape index (κ1) is 28.5. The molecule has 0 atom stereocenters. The van der Waals surface area contributed by atoms with Crippen LogP contribution in [0.15, 0.2) is 178 Å². The van der Waals surface area contributed by atoms with Gasteiger partial charge in [0.1, 0.15) is 11.2 Å². The van der Waals surface area contributed by atoms with Crippen LogP contribution in [-0.4, -0.2) is 15.0 Å². The molecule has 0 amide bonds. The van der Waals surface area contributed by atoms with E-state index in [1.54, 1.807) is 0 Å². The highest BCUT2D eigenvalue weighted by Crippen LogP contribution is 2.64. The summed E-state index contributed by atoms with van der Waals surface area (Å²) in [5.41, 5.74) is 11.2. The van der Waals surface area contributed by atoms with Crippen LogP contribution in [0.3, 0.4) is 0 Å². The van der Waals surface area contributed by atoms with Crippen LogP contribution in [0, 0.1) is 0 Å². The number of furan rings is 1. The maximum atomic E-state index is 6.88. The minimum absolute atomic E-state index is 0.566. The molecule has 0 bridgehead atoms. The van der Waals surface area contributed by atoms with Gasteiger partial charge in [-0.1, -0.05) is 151 Å². The third-order valence-corrected chi connectivity index (χ3v) is 11.5. The van der Waals surface area contributed by atoms with Crippen LogP contribution in [0.5, 0.6) is 0 Å². The summed E-state index contributed by atoms with van der Waals surface area (Å²) >= 11 is 1.85. The molecule has 238 valence electrons. The second-order valence-corrected chi connectivity index (χ2v) is 14.2. The topological polar surface area (TPSA) is 51.8 Å². The van der Waals surface area contributed by atoms with E-state index in [4.69, 9.17) is 19.4 Å². The summed E-state index contributed by atoms with van der Waals surface area (Å²) in [5, 5.41) is 2.16. The van der Waals surface area contributed by atoms with Crippen molar-refractivity contribution in [2.75, 3.05) is 0 Å². The van der Waals surface area contributed by atoms with Crippen molar-refractivity contribution in [1.82, 2.24) is 15.0 Å². The summed E-state index contributed by atoms with van der Waals surface area (Å²) in [7, 11) is 0. The van der Waals surface area contributed by atoms with Gasteiger partial charge in [0, 0.05) is 31.7 Å². The normalized spacial score (nSPS) is 13.6. The van der Waals surface area contributed by atoms with Crippen molar-refractivity contribution in [3.05, 3.63) is 186 Å². The minimum atomic E-state index is -0.566. The standard InChI is InChI=1S/C46H27N3OS/c1-3-15-28(16-4-1)43-47-44(29-17-5-2-6-18-29)49-45(48-43)32-27-36-40(41-31-20-8-12-24-37(31)50-42(32)41)30-19-7-9-21-33(30)46(36)34-22-10-13-25-38(34)51-39-26-14-11-23-35(39)46/h1-27H. The van der Waals surface area contributed by atoms with Gasteiger partial charge in [-0.05, 0) is 57.6 Å². The van der Waals surface area contributed by atoms with E-state index in [-0.39, 0.29) is 0 Å². The van der Waals surface area contributed by atoms with E-state index in [0.717, 1.165) is 38.6 Å². The lowest BCUT2D eigenvalue weighted by molar-refractivity contribution is 0.668. The third-order valence-electron chi connectivity index (χ3n) is 10.4. The van der Waals surface area contributed by atoms with Crippen molar-refractivity contribution in [2.24, 2.45) is 0 Å². The lowest BCUT2D eigenvalue weighted by atomic mass is 9.67. The van der Waals surface area contributed by atoms with Crippen molar-refractivity contribution >= 4 is 33.7 Å². The molecule has 3 heterocycles. The summed E-state index contributed by atoms with van der Waals surface area (Å²) in [5.74, 6) is 1.81. The lowest BCUT2D eigenvalue weighted by Gasteiger charge is -2.39. The second-order valence-electron chi connectivity index (χ2n) is 13.1. The molecular weight excluding hydrogens is 643 g/mol. The van der Waals surface area contributed by atoms with Crippen molar-refractivity contribution in [3.8, 4) is 45.3 Å². The molecule has 51 heavy (non-hydrogen) atoms. The SMILES string of the molecule is c1ccc(-c2nc(-c3ccccc3)nc(-c3cc4c(c5c3oc3ccccc35)-c3ccccc3C43c4ccccc4Sc4ccccc43)n2)cc1. The van der Waals surface area contributed by atoms with E-state index in [9.17, 15) is 0 Å². The highest BCUT2D eigenvalue weighted by atomic mass is 32.2. The average molecular weight is 670 g/mol. The zero-order valence-corrected chi connectivity index (χ0v) is 28.1. The Morgan fingerprint density at radius 1 is 0.451 bits per heavy atom. The molecule has 4 nitrogen and oxygen atoms in total. The van der Waals surface area contributed by atoms with E-state index in [0.29, 0.717) is 17.5 Å². The van der Waals surface area contributed by atoms with Crippen molar-refractivity contribution in [1.29, 1.82) is 0 Å². The van der Waals surface area contributed by atoms with Crippen molar-refractivity contribution in [2.45, 2.75) is 15.2 Å². The number of aromatic nitrogens is 3. The lowest BCUT2D eigenvalue weighted by Crippen LogP contribution is -2.32. The molecule has 5 heteroatoms. The fraction of sp³-hybridized carbons (Fsp3) is 0.0217. The van der Waals surface area contributed by atoms with Crippen LogP contribution >= 0.6 is 11.8 Å². The number of fused-ring (bicyclic) bond motifs is 13. The van der Waals surface area contributed by atoms with E-state index in [1.807, 2.05) is 78.5 Å². The number of nitrogens with zero attached hydrogens (tertiary/aromatic N) is 3. The molecule has 0 unspecified atom stereocenters.